The molecule has 0 spiro atoms. The van der Waals surface area contributed by atoms with Gasteiger partial charge in [0.25, 0.3) is 11.8 Å². The number of nitrogens with one attached hydrogen (secondary N) is 3. The fourth-order valence-electron chi connectivity index (χ4n) is 2.47. The van der Waals surface area contributed by atoms with Crippen LogP contribution in [-0.2, 0) is 4.79 Å². The zero-order valence-corrected chi connectivity index (χ0v) is 15.1. The molecule has 8 heteroatoms. The quantitative estimate of drug-likeness (QED) is 0.599. The summed E-state index contributed by atoms with van der Waals surface area (Å²) in [7, 11) is 0. The third-order valence-electron chi connectivity index (χ3n) is 3.85. The molecule has 0 radical (unpaired) electrons. The van der Waals surface area contributed by atoms with Gasteiger partial charge in [-0.1, -0.05) is 35.9 Å². The Balaban J connectivity index is 1.50. The van der Waals surface area contributed by atoms with Gasteiger partial charge in [-0.05, 0) is 37.6 Å². The highest BCUT2D eigenvalue weighted by atomic mass is 16.2. The Labute approximate surface area is 156 Å². The number of hydrogen-bond acceptors (Lipinski definition) is 5. The molecule has 0 aliphatic carbocycles. The van der Waals surface area contributed by atoms with Crippen molar-refractivity contribution in [2.75, 3.05) is 11.9 Å². The van der Waals surface area contributed by atoms with Gasteiger partial charge in [-0.15, -0.1) is 5.10 Å². The predicted octanol–water partition coefficient (Wildman–Crippen LogP) is 1.76. The summed E-state index contributed by atoms with van der Waals surface area (Å²) in [5.74, 6) is -0.921. The summed E-state index contributed by atoms with van der Waals surface area (Å²) >= 11 is 0. The monoisotopic (exact) mass is 364 g/mol. The van der Waals surface area contributed by atoms with Crippen LogP contribution < -0.4 is 16.2 Å². The highest BCUT2D eigenvalue weighted by Gasteiger charge is 2.12. The van der Waals surface area contributed by atoms with Crippen LogP contribution in [0, 0.1) is 13.8 Å². The zero-order valence-electron chi connectivity index (χ0n) is 15.1. The van der Waals surface area contributed by atoms with E-state index in [0.29, 0.717) is 0 Å². The zero-order chi connectivity index (χ0) is 19.2. The molecule has 0 aliphatic heterocycles. The number of carbonyl (C=O) groups is 2. The van der Waals surface area contributed by atoms with Crippen molar-refractivity contribution in [1.29, 1.82) is 0 Å². The summed E-state index contributed by atoms with van der Waals surface area (Å²) in [6.07, 6.45) is 1.34. The maximum Gasteiger partial charge on any atom is 0.291 e. The van der Waals surface area contributed by atoms with Gasteiger partial charge in [-0.2, -0.15) is 9.90 Å². The number of nitrogens with zero attached hydrogens (tertiary/aromatic N) is 3. The van der Waals surface area contributed by atoms with E-state index in [2.05, 4.69) is 26.4 Å². The van der Waals surface area contributed by atoms with Crippen LogP contribution in [0.5, 0.6) is 0 Å². The number of benzene rings is 2. The van der Waals surface area contributed by atoms with E-state index in [0.717, 1.165) is 22.5 Å². The van der Waals surface area contributed by atoms with Gasteiger partial charge in [0.1, 0.15) is 0 Å². The second-order valence-corrected chi connectivity index (χ2v) is 6.03. The molecule has 2 aromatic carbocycles. The molecule has 1 aromatic heterocycles. The largest absolute Gasteiger partial charge is 0.376 e. The van der Waals surface area contributed by atoms with E-state index in [1.807, 2.05) is 62.4 Å². The molecule has 0 saturated carbocycles. The van der Waals surface area contributed by atoms with Gasteiger partial charge in [-0.3, -0.25) is 20.4 Å². The first-order valence-corrected chi connectivity index (χ1v) is 8.41. The Kier molecular flexibility index (Phi) is 5.46. The van der Waals surface area contributed by atoms with Crippen molar-refractivity contribution < 1.29 is 9.59 Å². The number of hydrazine groups is 1. The average molecular weight is 364 g/mol. The maximum absolute atomic E-state index is 12.1. The van der Waals surface area contributed by atoms with Crippen molar-refractivity contribution in [2.24, 2.45) is 0 Å². The average Bonchev–Trinajstić information content (AvgIpc) is 3.16. The minimum absolute atomic E-state index is 0.0287. The first-order valence-electron chi connectivity index (χ1n) is 8.41. The van der Waals surface area contributed by atoms with E-state index in [9.17, 15) is 9.59 Å². The van der Waals surface area contributed by atoms with Crippen molar-refractivity contribution in [2.45, 2.75) is 13.8 Å². The molecule has 138 valence electrons. The standard InChI is InChI=1S/C19H20N6O2/c1-13-8-9-16(14(2)10-13)20-12-18(26)22-23-19(27)17-11-21-25(24-17)15-6-4-3-5-7-15/h3-11,20H,12H2,1-2H3,(H,22,26)(H,23,27). The van der Waals surface area contributed by atoms with Gasteiger partial charge in [0.05, 0.1) is 18.4 Å². The summed E-state index contributed by atoms with van der Waals surface area (Å²) < 4.78 is 0. The highest BCUT2D eigenvalue weighted by Crippen LogP contribution is 2.15. The molecule has 3 N–H and O–H groups in total. The smallest absolute Gasteiger partial charge is 0.291 e. The lowest BCUT2D eigenvalue weighted by atomic mass is 10.1. The van der Waals surface area contributed by atoms with Crippen molar-refractivity contribution in [3.63, 3.8) is 0 Å². The summed E-state index contributed by atoms with van der Waals surface area (Å²) in [5.41, 5.74) is 8.58. The number of para-hydroxylation sites is 1. The maximum atomic E-state index is 12.1. The van der Waals surface area contributed by atoms with Crippen LogP contribution in [-0.4, -0.2) is 33.4 Å². The molecule has 0 bridgehead atoms. The van der Waals surface area contributed by atoms with Gasteiger partial charge >= 0.3 is 0 Å². The van der Waals surface area contributed by atoms with Crippen molar-refractivity contribution in [3.8, 4) is 5.69 Å². The van der Waals surface area contributed by atoms with E-state index in [-0.39, 0.29) is 18.1 Å². The molecule has 27 heavy (non-hydrogen) atoms. The second kappa shape index (κ2) is 8.13. The van der Waals surface area contributed by atoms with Gasteiger partial charge in [0.2, 0.25) is 0 Å². The SMILES string of the molecule is Cc1ccc(NCC(=O)NNC(=O)c2cnn(-c3ccccc3)n2)c(C)c1. The molecule has 0 atom stereocenters. The Morgan fingerprint density at radius 2 is 1.81 bits per heavy atom. The van der Waals surface area contributed by atoms with Crippen LogP contribution in [0.15, 0.2) is 54.7 Å². The van der Waals surface area contributed by atoms with Gasteiger partial charge in [0.15, 0.2) is 5.69 Å². The summed E-state index contributed by atoms with van der Waals surface area (Å²) in [5, 5.41) is 11.2. The molecular weight excluding hydrogens is 344 g/mol. The van der Waals surface area contributed by atoms with E-state index < -0.39 is 5.91 Å². The molecule has 3 rings (SSSR count). The molecule has 1 heterocycles. The summed E-state index contributed by atoms with van der Waals surface area (Å²) in [6.45, 7) is 4.00. The minimum Gasteiger partial charge on any atom is -0.376 e. The lowest BCUT2D eigenvalue weighted by molar-refractivity contribution is -0.120. The van der Waals surface area contributed by atoms with E-state index in [4.69, 9.17) is 0 Å². The molecule has 0 saturated heterocycles. The van der Waals surface area contributed by atoms with Gasteiger partial charge < -0.3 is 5.32 Å². The Hall–Kier alpha value is -3.68. The molecule has 0 fully saturated rings. The number of amides is 2. The number of carbonyl (C=O) groups excluding carboxylic acids is 2. The Morgan fingerprint density at radius 1 is 1.04 bits per heavy atom. The summed E-state index contributed by atoms with van der Waals surface area (Å²) in [6, 6.07) is 15.1. The van der Waals surface area contributed by atoms with Crippen LogP contribution in [0.4, 0.5) is 5.69 Å². The predicted molar refractivity (Wildman–Crippen MR) is 101 cm³/mol. The highest BCUT2D eigenvalue weighted by molar-refractivity contribution is 5.93. The van der Waals surface area contributed by atoms with Crippen LogP contribution in [0.2, 0.25) is 0 Å². The molecule has 0 unspecified atom stereocenters. The van der Waals surface area contributed by atoms with Crippen molar-refractivity contribution >= 4 is 17.5 Å². The topological polar surface area (TPSA) is 101 Å². The van der Waals surface area contributed by atoms with Crippen LogP contribution >= 0.6 is 0 Å². The number of aryl methyl sites for hydroxylation is 2. The lowest BCUT2D eigenvalue weighted by Gasteiger charge is -2.10. The van der Waals surface area contributed by atoms with Gasteiger partial charge in [-0.25, -0.2) is 0 Å². The fraction of sp³-hybridized carbons (Fsp3) is 0.158. The lowest BCUT2D eigenvalue weighted by Crippen LogP contribution is -2.44. The number of rotatable bonds is 5. The van der Waals surface area contributed by atoms with Crippen molar-refractivity contribution in [1.82, 2.24) is 25.8 Å². The molecule has 0 aliphatic rings. The molecular formula is C19H20N6O2. The second-order valence-electron chi connectivity index (χ2n) is 6.03. The van der Waals surface area contributed by atoms with Crippen LogP contribution in [0.25, 0.3) is 5.69 Å². The first-order chi connectivity index (χ1) is 13.0. The Morgan fingerprint density at radius 3 is 2.56 bits per heavy atom. The first kappa shape index (κ1) is 18.1. The molecule has 2 amide bonds. The van der Waals surface area contributed by atoms with Crippen LogP contribution in [0.3, 0.4) is 0 Å². The van der Waals surface area contributed by atoms with E-state index in [1.54, 1.807) is 0 Å². The third-order valence-corrected chi connectivity index (χ3v) is 3.85. The minimum atomic E-state index is -0.544. The third kappa shape index (κ3) is 4.69. The number of anilines is 1. The summed E-state index contributed by atoms with van der Waals surface area (Å²) in [4.78, 5) is 25.4. The van der Waals surface area contributed by atoms with E-state index in [1.165, 1.54) is 11.0 Å². The van der Waals surface area contributed by atoms with Crippen molar-refractivity contribution in [3.05, 3.63) is 71.5 Å². The number of aromatic nitrogens is 3. The number of hydrogen-bond donors (Lipinski definition) is 3. The van der Waals surface area contributed by atoms with Crippen LogP contribution in [0.1, 0.15) is 21.6 Å². The van der Waals surface area contributed by atoms with E-state index >= 15 is 0 Å². The normalized spacial score (nSPS) is 10.3. The Bertz CT molecular complexity index is 952. The molecule has 8 nitrogen and oxygen atoms in total. The molecule has 3 aromatic rings. The fourth-order valence-corrected chi connectivity index (χ4v) is 2.47. The van der Waals surface area contributed by atoms with Gasteiger partial charge in [0, 0.05) is 5.69 Å².